The van der Waals surface area contributed by atoms with Crippen LogP contribution in [0.3, 0.4) is 0 Å². The molecule has 0 aliphatic carbocycles. The Morgan fingerprint density at radius 2 is 1.92 bits per heavy atom. The summed E-state index contributed by atoms with van der Waals surface area (Å²) in [5, 5.41) is 11.7. The van der Waals surface area contributed by atoms with Crippen LogP contribution in [-0.4, -0.2) is 26.4 Å². The largest absolute Gasteiger partial charge is 0.339 e. The monoisotopic (exact) mass is 326 g/mol. The molecule has 0 amide bonds. The van der Waals surface area contributed by atoms with Crippen LogP contribution in [0.15, 0.2) is 59.9 Å². The summed E-state index contributed by atoms with van der Waals surface area (Å²) in [4.78, 5) is 13.0. The van der Waals surface area contributed by atoms with Gasteiger partial charge in [-0.15, -0.1) is 0 Å². The van der Waals surface area contributed by atoms with Gasteiger partial charge in [0, 0.05) is 17.5 Å². The first kappa shape index (κ1) is 13.9. The number of aromatic nitrogens is 4. The van der Waals surface area contributed by atoms with Crippen molar-refractivity contribution in [2.24, 2.45) is 4.99 Å². The minimum Gasteiger partial charge on any atom is -0.339 e. The highest BCUT2D eigenvalue weighted by Crippen LogP contribution is 2.31. The van der Waals surface area contributed by atoms with Gasteiger partial charge in [0.25, 0.3) is 0 Å². The topological polar surface area (TPSA) is 78.8 Å². The fourth-order valence-electron chi connectivity index (χ4n) is 3.08. The Balaban J connectivity index is 1.62. The summed E-state index contributed by atoms with van der Waals surface area (Å²) in [6.07, 6.45) is 3.43. The number of aromatic amines is 1. The smallest absolute Gasteiger partial charge is 0.186 e. The van der Waals surface area contributed by atoms with E-state index in [0.29, 0.717) is 5.65 Å². The minimum atomic E-state index is 0.638. The summed E-state index contributed by atoms with van der Waals surface area (Å²) in [5.41, 5.74) is 5.94. The molecule has 1 aliphatic heterocycles. The number of nitrogens with zero attached hydrogens (tertiary/aromatic N) is 4. The fraction of sp³-hybridized carbons (Fsp3) is 0.0526. The van der Waals surface area contributed by atoms with Gasteiger partial charge in [-0.1, -0.05) is 36.4 Å². The first-order valence-corrected chi connectivity index (χ1v) is 8.03. The van der Waals surface area contributed by atoms with E-state index in [9.17, 15) is 0 Å². The van der Waals surface area contributed by atoms with Gasteiger partial charge in [0.15, 0.2) is 5.65 Å². The number of anilines is 2. The standard InChI is InChI=1S/C19H14N6/c1-2-4-12(5-3-1)17-16-18(21-11-22-19(16)25-24-17)23-15-7-6-13-9-20-10-14(13)8-15/h1-8,10-11H,9H2,(H2,21,22,23,24,25). The van der Waals surface area contributed by atoms with Gasteiger partial charge < -0.3 is 5.32 Å². The summed E-state index contributed by atoms with van der Waals surface area (Å²) in [7, 11) is 0. The maximum atomic E-state index is 4.44. The second kappa shape index (κ2) is 5.52. The van der Waals surface area contributed by atoms with Gasteiger partial charge in [-0.2, -0.15) is 5.10 Å². The zero-order valence-corrected chi connectivity index (χ0v) is 13.3. The molecule has 0 unspecified atom stereocenters. The average Bonchev–Trinajstić information content (AvgIpc) is 3.29. The van der Waals surface area contributed by atoms with Crippen molar-refractivity contribution in [1.29, 1.82) is 0 Å². The molecular weight excluding hydrogens is 312 g/mol. The molecule has 0 radical (unpaired) electrons. The minimum absolute atomic E-state index is 0.638. The second-order valence-corrected chi connectivity index (χ2v) is 5.89. The molecule has 0 atom stereocenters. The molecule has 0 saturated carbocycles. The van der Waals surface area contributed by atoms with Crippen LogP contribution in [0.2, 0.25) is 0 Å². The molecule has 5 rings (SSSR count). The summed E-state index contributed by atoms with van der Waals surface area (Å²) in [6, 6.07) is 16.3. The third-order valence-corrected chi connectivity index (χ3v) is 4.31. The maximum absolute atomic E-state index is 4.44. The van der Waals surface area contributed by atoms with Crippen LogP contribution >= 0.6 is 0 Å². The molecule has 0 saturated heterocycles. The highest BCUT2D eigenvalue weighted by Gasteiger charge is 2.15. The fourth-order valence-corrected chi connectivity index (χ4v) is 3.08. The van der Waals surface area contributed by atoms with E-state index in [1.807, 2.05) is 42.6 Å². The van der Waals surface area contributed by atoms with E-state index in [1.54, 1.807) is 0 Å². The van der Waals surface area contributed by atoms with Crippen LogP contribution in [0.25, 0.3) is 22.3 Å². The van der Waals surface area contributed by atoms with Crippen LogP contribution in [-0.2, 0) is 6.54 Å². The molecule has 3 heterocycles. The normalized spacial score (nSPS) is 12.5. The van der Waals surface area contributed by atoms with E-state index in [4.69, 9.17) is 0 Å². The molecule has 1 aliphatic rings. The predicted molar refractivity (Wildman–Crippen MR) is 98.1 cm³/mol. The molecule has 2 N–H and O–H groups in total. The summed E-state index contributed by atoms with van der Waals surface area (Å²) >= 11 is 0. The van der Waals surface area contributed by atoms with Crippen LogP contribution in [0, 0.1) is 0 Å². The summed E-state index contributed by atoms with van der Waals surface area (Å²) < 4.78 is 0. The number of fused-ring (bicyclic) bond motifs is 2. The van der Waals surface area contributed by atoms with Crippen molar-refractivity contribution in [3.63, 3.8) is 0 Å². The number of hydrogen-bond donors (Lipinski definition) is 2. The average molecular weight is 326 g/mol. The SMILES string of the molecule is C1=NCc2ccc(Nc3ncnc4n[nH]c(-c5ccccc5)c34)cc21. The van der Waals surface area contributed by atoms with Crippen molar-refractivity contribution in [2.75, 3.05) is 5.32 Å². The van der Waals surface area contributed by atoms with Crippen molar-refractivity contribution < 1.29 is 0 Å². The lowest BCUT2D eigenvalue weighted by molar-refractivity contribution is 1.09. The van der Waals surface area contributed by atoms with Crippen molar-refractivity contribution in [3.05, 3.63) is 66.0 Å². The van der Waals surface area contributed by atoms with E-state index in [-0.39, 0.29) is 0 Å². The van der Waals surface area contributed by atoms with Crippen molar-refractivity contribution >= 4 is 28.8 Å². The lowest BCUT2D eigenvalue weighted by Crippen LogP contribution is -1.97. The van der Waals surface area contributed by atoms with E-state index in [2.05, 4.69) is 42.6 Å². The Hall–Kier alpha value is -3.54. The molecule has 6 nitrogen and oxygen atoms in total. The quantitative estimate of drug-likeness (QED) is 0.602. The molecule has 4 aromatic rings. The second-order valence-electron chi connectivity index (χ2n) is 5.89. The number of hydrogen-bond acceptors (Lipinski definition) is 5. The van der Waals surface area contributed by atoms with Gasteiger partial charge in [-0.3, -0.25) is 10.1 Å². The zero-order valence-electron chi connectivity index (χ0n) is 13.3. The van der Waals surface area contributed by atoms with Gasteiger partial charge >= 0.3 is 0 Å². The number of H-pyrrole nitrogens is 1. The van der Waals surface area contributed by atoms with Crippen molar-refractivity contribution in [3.8, 4) is 11.3 Å². The van der Waals surface area contributed by atoms with Crippen LogP contribution in [0.5, 0.6) is 0 Å². The van der Waals surface area contributed by atoms with Crippen molar-refractivity contribution in [1.82, 2.24) is 20.2 Å². The molecule has 0 spiro atoms. The summed E-state index contributed by atoms with van der Waals surface area (Å²) in [6.45, 7) is 0.757. The van der Waals surface area contributed by atoms with E-state index in [1.165, 1.54) is 11.9 Å². The molecule has 25 heavy (non-hydrogen) atoms. The van der Waals surface area contributed by atoms with Gasteiger partial charge in [0.05, 0.1) is 17.6 Å². The molecule has 2 aromatic carbocycles. The first-order valence-electron chi connectivity index (χ1n) is 8.03. The molecule has 0 bridgehead atoms. The highest BCUT2D eigenvalue weighted by atomic mass is 15.2. The number of benzene rings is 2. The number of rotatable bonds is 3. The highest BCUT2D eigenvalue weighted by molar-refractivity contribution is 5.99. The van der Waals surface area contributed by atoms with E-state index < -0.39 is 0 Å². The maximum Gasteiger partial charge on any atom is 0.186 e. The van der Waals surface area contributed by atoms with Gasteiger partial charge in [-0.05, 0) is 23.3 Å². The predicted octanol–water partition coefficient (Wildman–Crippen LogP) is 3.70. The molecule has 6 heteroatoms. The molecular formula is C19H14N6. The Morgan fingerprint density at radius 3 is 2.84 bits per heavy atom. The third-order valence-electron chi connectivity index (χ3n) is 4.31. The Morgan fingerprint density at radius 1 is 1.00 bits per heavy atom. The van der Waals surface area contributed by atoms with Crippen LogP contribution < -0.4 is 5.32 Å². The van der Waals surface area contributed by atoms with Crippen LogP contribution in [0.4, 0.5) is 11.5 Å². The lowest BCUT2D eigenvalue weighted by Gasteiger charge is -2.09. The van der Waals surface area contributed by atoms with E-state index >= 15 is 0 Å². The van der Waals surface area contributed by atoms with E-state index in [0.717, 1.165) is 40.3 Å². The van der Waals surface area contributed by atoms with Crippen LogP contribution in [0.1, 0.15) is 11.1 Å². The Labute approximate surface area is 143 Å². The van der Waals surface area contributed by atoms with Crippen molar-refractivity contribution in [2.45, 2.75) is 6.54 Å². The third kappa shape index (κ3) is 2.35. The van der Waals surface area contributed by atoms with Gasteiger partial charge in [0.1, 0.15) is 12.1 Å². The zero-order chi connectivity index (χ0) is 16.6. The van der Waals surface area contributed by atoms with Gasteiger partial charge in [0.2, 0.25) is 0 Å². The first-order chi connectivity index (χ1) is 12.4. The van der Waals surface area contributed by atoms with Gasteiger partial charge in [-0.25, -0.2) is 9.97 Å². The molecule has 0 fully saturated rings. The number of aliphatic imine (C=N–C) groups is 1. The molecule has 120 valence electrons. The molecule has 2 aromatic heterocycles. The Bertz CT molecular complexity index is 1100. The number of nitrogens with one attached hydrogen (secondary N) is 2. The summed E-state index contributed by atoms with van der Waals surface area (Å²) in [5.74, 6) is 0.729. The lowest BCUT2D eigenvalue weighted by atomic mass is 10.1. The Kier molecular flexibility index (Phi) is 3.06.